The van der Waals surface area contributed by atoms with Crippen molar-refractivity contribution < 1.29 is 48.7 Å². The molecule has 6 aromatic carbocycles. The van der Waals surface area contributed by atoms with Crippen LogP contribution in [-0.4, -0.2) is 92.6 Å². The van der Waals surface area contributed by atoms with Gasteiger partial charge in [-0.3, -0.25) is 14.4 Å². The molecule has 0 spiro atoms. The molecule has 3 amide bonds. The largest absolute Gasteiger partial charge is 0.497 e. The van der Waals surface area contributed by atoms with E-state index < -0.39 is 0 Å². The summed E-state index contributed by atoms with van der Waals surface area (Å²) in [5.74, 6) is 1.67. The van der Waals surface area contributed by atoms with Crippen LogP contribution in [0.2, 0.25) is 0 Å². The lowest BCUT2D eigenvalue weighted by Gasteiger charge is -2.05. The molecule has 6 N–H and O–H groups in total. The second kappa shape index (κ2) is 21.7. The minimum Gasteiger partial charge on any atom is -0.497 e. The predicted octanol–water partition coefficient (Wildman–Crippen LogP) is 13.4. The van der Waals surface area contributed by atoms with Crippen LogP contribution in [0.15, 0.2) is 173 Å². The van der Waals surface area contributed by atoms with Gasteiger partial charge < -0.3 is 49.2 Å². The molecule has 0 atom stereocenters. The van der Waals surface area contributed by atoms with E-state index >= 15 is 0 Å². The third-order valence-electron chi connectivity index (χ3n) is 13.9. The number of nitrogens with one attached hydrogen (secondary N) is 3. The zero-order chi connectivity index (χ0) is 56.8. The number of carbonyl (C=O) groups excluding carboxylic acids is 3. The van der Waals surface area contributed by atoms with Gasteiger partial charge in [-0.1, -0.05) is 36.4 Å². The Morgan fingerprint density at radius 3 is 1.16 bits per heavy atom. The smallest absolute Gasteiger partial charge is 0.280 e. The van der Waals surface area contributed by atoms with E-state index in [4.69, 9.17) is 18.9 Å². The van der Waals surface area contributed by atoms with Gasteiger partial charge >= 0.3 is 0 Å². The lowest BCUT2D eigenvalue weighted by atomic mass is 10.00. The predicted molar refractivity (Wildman–Crippen MR) is 319 cm³/mol. The van der Waals surface area contributed by atoms with Gasteiger partial charge in [0.1, 0.15) is 23.0 Å². The summed E-state index contributed by atoms with van der Waals surface area (Å²) >= 11 is 3.16. The number of H-pyrrole nitrogens is 3. The number of nitrogens with zero attached hydrogens (tertiary/aromatic N) is 3. The maximum absolute atomic E-state index is 12.8. The van der Waals surface area contributed by atoms with Crippen molar-refractivity contribution in [3.63, 3.8) is 0 Å². The second-order valence-corrected chi connectivity index (χ2v) is 20.9. The molecule has 0 saturated heterocycles. The number of aromatic hydroxyl groups is 3. The molecule has 14 rings (SSSR count). The topological polar surface area (TPSA) is 233 Å². The molecule has 0 fully saturated rings. The van der Waals surface area contributed by atoms with Crippen LogP contribution in [0.3, 0.4) is 0 Å². The van der Waals surface area contributed by atoms with Gasteiger partial charge in [0.05, 0.1) is 105 Å². The number of methoxy groups -OCH3 is 2. The summed E-state index contributed by atoms with van der Waals surface area (Å²) in [5, 5.41) is 33.8. The molecule has 3 aliphatic rings. The van der Waals surface area contributed by atoms with Crippen molar-refractivity contribution in [2.45, 2.75) is 13.8 Å². The van der Waals surface area contributed by atoms with E-state index in [1.54, 1.807) is 73.3 Å². The highest BCUT2D eigenvalue weighted by Gasteiger charge is 2.37. The van der Waals surface area contributed by atoms with Crippen molar-refractivity contribution in [3.05, 3.63) is 207 Å². The monoisotopic (exact) mass is 1120 g/mol. The van der Waals surface area contributed by atoms with Gasteiger partial charge in [-0.05, 0) is 157 Å². The minimum atomic E-state index is -0.381. The second-order valence-electron chi connectivity index (χ2n) is 18.8. The highest BCUT2D eigenvalue weighted by Crippen LogP contribution is 2.44. The van der Waals surface area contributed by atoms with E-state index in [9.17, 15) is 29.7 Å². The number of thiophene rings is 2. The van der Waals surface area contributed by atoms with Gasteiger partial charge in [0.25, 0.3) is 17.7 Å². The zero-order valence-electron chi connectivity index (χ0n) is 44.3. The first kappa shape index (κ1) is 52.4. The van der Waals surface area contributed by atoms with Gasteiger partial charge in [-0.2, -0.15) is 0 Å². The van der Waals surface area contributed by atoms with E-state index in [2.05, 4.69) is 29.9 Å². The van der Waals surface area contributed by atoms with E-state index in [1.807, 2.05) is 135 Å². The third-order valence-corrected chi connectivity index (χ3v) is 16.2. The van der Waals surface area contributed by atoms with Crippen LogP contribution in [0, 0.1) is 0 Å². The molecule has 0 aliphatic carbocycles. The summed E-state index contributed by atoms with van der Waals surface area (Å²) in [5.41, 5.74) is 8.74. The van der Waals surface area contributed by atoms with E-state index in [-0.39, 0.29) is 35.4 Å². The first-order chi connectivity index (χ1) is 39.9. The number of aromatic amines is 3. The zero-order valence-corrected chi connectivity index (χ0v) is 45.9. The van der Waals surface area contributed by atoms with Crippen LogP contribution in [0.5, 0.6) is 40.6 Å². The molecule has 0 radical (unpaired) electrons. The average Bonchev–Trinajstić information content (AvgIpc) is 2.88. The summed E-state index contributed by atoms with van der Waals surface area (Å²) in [7, 11) is 3.18. The van der Waals surface area contributed by atoms with Gasteiger partial charge in [-0.25, -0.2) is 15.0 Å². The number of hydrogen-bond acceptors (Lipinski definition) is 12. The van der Waals surface area contributed by atoms with Gasteiger partial charge in [-0.15, -0.1) is 22.7 Å². The molecule has 5 aromatic heterocycles. The lowest BCUT2D eigenvalue weighted by Crippen LogP contribution is -2.00. The molecule has 8 heterocycles. The number of aromatic nitrogens is 3. The normalized spacial score (nSPS) is 12.9. The standard InChI is InChI=1S/C22H20N2O4.C22H12N2O2S2.C20H16N2O4/c1-3-27-15-9-5-13(6-10-15)19-17-18(22(26)23-19)20(24-21(17)25)14-7-11-16(12-8-14)28-4-2;25-21-17-18(20(24-21)16-10-12-6-2-4-8-14(12)28-16)22(26)23-19(17)15-9-11-5-1-3-7-13(11)27-15;1-25-13-7-3-11(4-8-13)17-15-16(20(24)21-17)18(22-19(15)23)12-5-9-14(26-2)10-6-12/h5-12,23,26H,3-4H2,1-2H3;1-10,23,26H;3-10,21,24H,1-2H3. The first-order valence-electron chi connectivity index (χ1n) is 25.9. The minimum absolute atomic E-state index is 0.00971. The maximum Gasteiger partial charge on any atom is 0.280 e. The summed E-state index contributed by atoms with van der Waals surface area (Å²) in [4.78, 5) is 61.2. The highest BCUT2D eigenvalue weighted by molar-refractivity contribution is 7.22. The van der Waals surface area contributed by atoms with Crippen molar-refractivity contribution in [2.75, 3.05) is 27.4 Å². The summed E-state index contributed by atoms with van der Waals surface area (Å²) in [6, 6.07) is 49.3. The Morgan fingerprint density at radius 2 is 0.744 bits per heavy atom. The molecule has 16 nitrogen and oxygen atoms in total. The van der Waals surface area contributed by atoms with Crippen LogP contribution >= 0.6 is 22.7 Å². The molecule has 0 saturated carbocycles. The Morgan fingerprint density at radius 1 is 0.402 bits per heavy atom. The molecule has 11 aromatic rings. The molecular formula is C64H48N6O10S2. The number of benzene rings is 6. The number of aliphatic imine (C=N–C) groups is 3. The van der Waals surface area contributed by atoms with Crippen LogP contribution in [-0.2, 0) is 0 Å². The van der Waals surface area contributed by atoms with Crippen LogP contribution in [0.25, 0.3) is 53.3 Å². The van der Waals surface area contributed by atoms with Crippen molar-refractivity contribution in [1.29, 1.82) is 0 Å². The van der Waals surface area contributed by atoms with Gasteiger partial charge in [0.2, 0.25) is 0 Å². The maximum atomic E-state index is 12.8. The van der Waals surface area contributed by atoms with Crippen molar-refractivity contribution in [2.24, 2.45) is 15.0 Å². The molecule has 3 aliphatic heterocycles. The number of rotatable bonds is 12. The molecule has 0 unspecified atom stereocenters. The molecule has 82 heavy (non-hydrogen) atoms. The Bertz CT molecular complexity index is 4340. The average molecular weight is 1130 g/mol. The van der Waals surface area contributed by atoms with Crippen molar-refractivity contribution >= 4 is 77.7 Å². The summed E-state index contributed by atoms with van der Waals surface area (Å²) in [6.45, 7) is 4.99. The number of carbonyl (C=O) groups is 3. The Kier molecular flexibility index (Phi) is 13.9. The van der Waals surface area contributed by atoms with Gasteiger partial charge in [0.15, 0.2) is 17.6 Å². The number of hydrogen-bond donors (Lipinski definition) is 6. The molecule has 406 valence electrons. The quantitative estimate of drug-likeness (QED) is 0.0677. The Hall–Kier alpha value is -10.3. The van der Waals surface area contributed by atoms with Gasteiger partial charge in [0, 0.05) is 20.5 Å². The lowest BCUT2D eigenvalue weighted by molar-refractivity contribution is 0.0998. The van der Waals surface area contributed by atoms with E-state index in [0.717, 1.165) is 63.7 Å². The molecule has 0 bridgehead atoms. The number of ether oxygens (including phenoxy) is 4. The molecule has 18 heteroatoms. The van der Waals surface area contributed by atoms with Crippen LogP contribution in [0.1, 0.15) is 77.6 Å². The highest BCUT2D eigenvalue weighted by atomic mass is 32.1. The summed E-state index contributed by atoms with van der Waals surface area (Å²) < 4.78 is 23.5. The fourth-order valence-corrected chi connectivity index (χ4v) is 12.2. The van der Waals surface area contributed by atoms with Crippen LogP contribution in [0.4, 0.5) is 0 Å². The molecular weight excluding hydrogens is 1080 g/mol. The summed E-state index contributed by atoms with van der Waals surface area (Å²) in [6.07, 6.45) is 0. The Labute approximate surface area is 476 Å². The van der Waals surface area contributed by atoms with E-state index in [1.165, 1.54) is 0 Å². The van der Waals surface area contributed by atoms with Crippen molar-refractivity contribution in [1.82, 2.24) is 15.0 Å². The first-order valence-corrected chi connectivity index (χ1v) is 27.5. The fraction of sp³-hybridized carbons (Fsp3) is 0.0938. The number of fused-ring (bicyclic) bond motifs is 5. The third kappa shape index (κ3) is 9.54. The van der Waals surface area contributed by atoms with Crippen molar-refractivity contribution in [3.8, 4) is 73.7 Å². The Balaban J connectivity index is 0.000000122. The SMILES string of the molecule is CCOc1ccc(C2=NC(=O)c3c(-c4ccc(OCC)cc4)[nH]c(O)c32)cc1.COc1ccc(C2=NC(=O)c3c(-c4ccc(OC)cc4)[nH]c(O)c32)cc1.O=C1N=C(c2cc3ccccc3s2)c2c(O)[nH]c(-c3cc4ccccc4s3)c21. The number of amides is 3. The van der Waals surface area contributed by atoms with Crippen LogP contribution < -0.4 is 18.9 Å². The fourth-order valence-electron chi connectivity index (χ4n) is 10.1. The van der Waals surface area contributed by atoms with E-state index in [0.29, 0.717) is 92.3 Å².